The largest absolute Gasteiger partial charge is 0.462 e. The Bertz CT molecular complexity index is 1110. The highest BCUT2D eigenvalue weighted by atomic mass is 35.5. The molecule has 1 atom stereocenters. The molecular weight excluding hydrogens is 476 g/mol. The summed E-state index contributed by atoms with van der Waals surface area (Å²) in [4.78, 5) is 24.5. The number of carbonyl (C=O) groups excluding carboxylic acids is 2. The first-order valence-electron chi connectivity index (χ1n) is 9.73. The van der Waals surface area contributed by atoms with Gasteiger partial charge in [-0.05, 0) is 47.9 Å². The molecule has 0 aromatic heterocycles. The van der Waals surface area contributed by atoms with Crippen LogP contribution in [0.5, 0.6) is 0 Å². The van der Waals surface area contributed by atoms with E-state index in [9.17, 15) is 14.0 Å². The van der Waals surface area contributed by atoms with E-state index < -0.39 is 23.7 Å². The quantitative estimate of drug-likeness (QED) is 0.294. The maximum absolute atomic E-state index is 13.9. The first-order valence-corrected chi connectivity index (χ1v) is 11.0. The van der Waals surface area contributed by atoms with Gasteiger partial charge in [-0.1, -0.05) is 59.6 Å². The number of nitrogens with one attached hydrogen (secondary N) is 1. The summed E-state index contributed by atoms with van der Waals surface area (Å²) >= 11 is 18.6. The lowest BCUT2D eigenvalue weighted by atomic mass is 10.00. The van der Waals surface area contributed by atoms with E-state index in [1.807, 2.05) is 12.1 Å². The van der Waals surface area contributed by atoms with E-state index >= 15 is 0 Å². The Morgan fingerprint density at radius 1 is 1.00 bits per heavy atom. The first kappa shape index (κ1) is 24.1. The van der Waals surface area contributed by atoms with Crippen LogP contribution in [0.1, 0.15) is 39.2 Å². The Morgan fingerprint density at radius 3 is 2.19 bits per heavy atom. The SMILES string of the molecule is CCOC(=O)c1c(Cl)cc(-c2ccc(C(CCl)NC(=O)c3ccccc3F)cc2)cc1Cl. The summed E-state index contributed by atoms with van der Waals surface area (Å²) in [6, 6.07) is 15.7. The summed E-state index contributed by atoms with van der Waals surface area (Å²) < 4.78 is 18.9. The van der Waals surface area contributed by atoms with E-state index in [1.54, 1.807) is 37.3 Å². The Balaban J connectivity index is 1.81. The molecule has 32 heavy (non-hydrogen) atoms. The second kappa shape index (κ2) is 10.8. The number of rotatable bonds is 7. The molecule has 0 aliphatic rings. The highest BCUT2D eigenvalue weighted by Gasteiger charge is 2.19. The van der Waals surface area contributed by atoms with Gasteiger partial charge in [-0.15, -0.1) is 11.6 Å². The van der Waals surface area contributed by atoms with Crippen LogP contribution in [0.4, 0.5) is 4.39 Å². The van der Waals surface area contributed by atoms with Crippen LogP contribution in [0.15, 0.2) is 60.7 Å². The molecule has 0 aliphatic carbocycles. The number of carbonyl (C=O) groups is 2. The van der Waals surface area contributed by atoms with Gasteiger partial charge in [0.2, 0.25) is 0 Å². The van der Waals surface area contributed by atoms with Crippen LogP contribution in [-0.2, 0) is 4.74 Å². The molecule has 3 aromatic rings. The molecule has 0 bridgehead atoms. The minimum absolute atomic E-state index is 0.0507. The van der Waals surface area contributed by atoms with Crippen molar-refractivity contribution in [3.8, 4) is 11.1 Å². The van der Waals surface area contributed by atoms with Crippen molar-refractivity contribution in [1.82, 2.24) is 5.32 Å². The average Bonchev–Trinajstić information content (AvgIpc) is 2.77. The maximum atomic E-state index is 13.9. The first-order chi connectivity index (χ1) is 15.3. The maximum Gasteiger partial charge on any atom is 0.341 e. The lowest BCUT2D eigenvalue weighted by Gasteiger charge is -2.17. The number of hydrogen-bond acceptors (Lipinski definition) is 3. The summed E-state index contributed by atoms with van der Waals surface area (Å²) in [6.45, 7) is 1.91. The van der Waals surface area contributed by atoms with Crippen LogP contribution >= 0.6 is 34.8 Å². The standard InChI is InChI=1S/C24H19Cl3FNO3/c1-2-32-24(31)22-18(26)11-16(12-19(22)27)14-7-9-15(10-8-14)21(13-25)29-23(30)17-5-3-4-6-20(17)28/h3-12,21H,2,13H2,1H3,(H,29,30). The highest BCUT2D eigenvalue weighted by molar-refractivity contribution is 6.39. The highest BCUT2D eigenvalue weighted by Crippen LogP contribution is 2.33. The molecule has 1 amide bonds. The summed E-state index contributed by atoms with van der Waals surface area (Å²) in [5.74, 6) is -1.63. The van der Waals surface area contributed by atoms with Gasteiger partial charge in [-0.3, -0.25) is 4.79 Å². The third kappa shape index (κ3) is 5.41. The molecule has 0 saturated carbocycles. The van der Waals surface area contributed by atoms with Gasteiger partial charge in [0.1, 0.15) is 5.82 Å². The molecule has 0 radical (unpaired) electrons. The molecule has 0 aliphatic heterocycles. The van der Waals surface area contributed by atoms with Crippen LogP contribution in [0, 0.1) is 5.82 Å². The number of benzene rings is 3. The molecule has 166 valence electrons. The predicted molar refractivity (Wildman–Crippen MR) is 125 cm³/mol. The number of alkyl halides is 1. The molecule has 1 N–H and O–H groups in total. The fraction of sp³-hybridized carbons (Fsp3) is 0.167. The lowest BCUT2D eigenvalue weighted by molar-refractivity contribution is 0.0526. The van der Waals surface area contributed by atoms with Gasteiger partial charge in [0.05, 0.1) is 33.8 Å². The lowest BCUT2D eigenvalue weighted by Crippen LogP contribution is -2.30. The number of amides is 1. The van der Waals surface area contributed by atoms with Crippen LogP contribution < -0.4 is 5.32 Å². The zero-order valence-electron chi connectivity index (χ0n) is 17.0. The van der Waals surface area contributed by atoms with Gasteiger partial charge >= 0.3 is 5.97 Å². The molecule has 4 nitrogen and oxygen atoms in total. The molecule has 0 saturated heterocycles. The second-order valence-electron chi connectivity index (χ2n) is 6.82. The van der Waals surface area contributed by atoms with Crippen molar-refractivity contribution in [3.63, 3.8) is 0 Å². The summed E-state index contributed by atoms with van der Waals surface area (Å²) in [5, 5.41) is 3.12. The summed E-state index contributed by atoms with van der Waals surface area (Å²) in [6.07, 6.45) is 0. The van der Waals surface area contributed by atoms with Crippen molar-refractivity contribution in [1.29, 1.82) is 0 Å². The Morgan fingerprint density at radius 2 is 1.62 bits per heavy atom. The molecule has 0 heterocycles. The average molecular weight is 495 g/mol. The summed E-state index contributed by atoms with van der Waals surface area (Å²) in [5.41, 5.74) is 2.31. The zero-order chi connectivity index (χ0) is 23.3. The van der Waals surface area contributed by atoms with Crippen molar-refractivity contribution < 1.29 is 18.7 Å². The van der Waals surface area contributed by atoms with E-state index in [0.717, 1.165) is 11.1 Å². The van der Waals surface area contributed by atoms with Crippen molar-refractivity contribution in [2.24, 2.45) is 0 Å². The monoisotopic (exact) mass is 493 g/mol. The third-order valence-electron chi connectivity index (χ3n) is 4.75. The minimum atomic E-state index is -0.603. The topological polar surface area (TPSA) is 55.4 Å². The Hall–Kier alpha value is -2.60. The molecule has 3 rings (SSSR count). The van der Waals surface area contributed by atoms with Crippen molar-refractivity contribution in [3.05, 3.63) is 93.2 Å². The normalized spacial score (nSPS) is 11.7. The predicted octanol–water partition coefficient (Wildman–Crippen LogP) is 6.69. The van der Waals surface area contributed by atoms with Gasteiger partial charge in [-0.2, -0.15) is 0 Å². The van der Waals surface area contributed by atoms with Gasteiger partial charge < -0.3 is 10.1 Å². The fourth-order valence-corrected chi connectivity index (χ4v) is 4.03. The van der Waals surface area contributed by atoms with Crippen molar-refractivity contribution in [2.75, 3.05) is 12.5 Å². The van der Waals surface area contributed by atoms with Crippen LogP contribution in [0.2, 0.25) is 10.0 Å². The van der Waals surface area contributed by atoms with Crippen molar-refractivity contribution in [2.45, 2.75) is 13.0 Å². The van der Waals surface area contributed by atoms with Crippen LogP contribution in [0.25, 0.3) is 11.1 Å². The van der Waals surface area contributed by atoms with Gasteiger partial charge in [0.15, 0.2) is 0 Å². The minimum Gasteiger partial charge on any atom is -0.462 e. The molecule has 0 spiro atoms. The number of ether oxygens (including phenoxy) is 1. The number of hydrogen-bond donors (Lipinski definition) is 1. The molecule has 0 fully saturated rings. The van der Waals surface area contributed by atoms with Gasteiger partial charge in [-0.25, -0.2) is 9.18 Å². The van der Waals surface area contributed by atoms with E-state index in [1.165, 1.54) is 18.2 Å². The van der Waals surface area contributed by atoms with E-state index in [4.69, 9.17) is 39.5 Å². The fourth-order valence-electron chi connectivity index (χ4n) is 3.14. The Kier molecular flexibility index (Phi) is 8.13. The number of esters is 1. The zero-order valence-corrected chi connectivity index (χ0v) is 19.3. The number of halogens is 4. The molecule has 8 heteroatoms. The Labute approximate surface area is 200 Å². The van der Waals surface area contributed by atoms with E-state index in [2.05, 4.69) is 5.32 Å². The molecule has 1 unspecified atom stereocenters. The molecular formula is C24H19Cl3FNO3. The van der Waals surface area contributed by atoms with Gasteiger partial charge in [0.25, 0.3) is 5.91 Å². The van der Waals surface area contributed by atoms with E-state index in [-0.39, 0.29) is 33.7 Å². The molecule has 3 aromatic carbocycles. The summed E-state index contributed by atoms with van der Waals surface area (Å²) in [7, 11) is 0. The smallest absolute Gasteiger partial charge is 0.341 e. The second-order valence-corrected chi connectivity index (χ2v) is 7.94. The van der Waals surface area contributed by atoms with E-state index in [0.29, 0.717) is 5.56 Å². The van der Waals surface area contributed by atoms with Crippen LogP contribution in [-0.4, -0.2) is 24.4 Å². The third-order valence-corrected chi connectivity index (χ3v) is 5.65. The van der Waals surface area contributed by atoms with Crippen LogP contribution in [0.3, 0.4) is 0 Å². The van der Waals surface area contributed by atoms with Crippen molar-refractivity contribution >= 4 is 46.7 Å². The van der Waals surface area contributed by atoms with Gasteiger partial charge in [0, 0.05) is 5.88 Å².